The van der Waals surface area contributed by atoms with Gasteiger partial charge in [0.15, 0.2) is 0 Å². The highest BCUT2D eigenvalue weighted by atomic mass is 35.5. The zero-order chi connectivity index (χ0) is 8.32. The summed E-state index contributed by atoms with van der Waals surface area (Å²) in [5.41, 5.74) is 1.09. The van der Waals surface area contributed by atoms with Gasteiger partial charge in [-0.25, -0.2) is 0 Å². The first-order chi connectivity index (χ1) is 5.17. The Morgan fingerprint density at radius 2 is 1.91 bits per heavy atom. The van der Waals surface area contributed by atoms with Crippen LogP contribution >= 0.6 is 11.6 Å². The number of rotatable bonds is 2. The minimum atomic E-state index is -0.443. The van der Waals surface area contributed by atoms with E-state index in [4.69, 9.17) is 11.6 Å². The van der Waals surface area contributed by atoms with E-state index in [2.05, 4.69) is 6.92 Å². The predicted molar refractivity (Wildman–Crippen MR) is 49.6 cm³/mol. The zero-order valence-corrected chi connectivity index (χ0v) is 7.43. The van der Waals surface area contributed by atoms with Crippen LogP contribution in [0.1, 0.15) is 18.9 Å². The van der Waals surface area contributed by atoms with Crippen molar-refractivity contribution in [2.75, 3.05) is 0 Å². The molecule has 0 N–H and O–H groups in total. The highest BCUT2D eigenvalue weighted by Gasteiger charge is 2.19. The van der Waals surface area contributed by atoms with Crippen LogP contribution in [0.3, 0.4) is 0 Å². The number of hydrogen-bond acceptors (Lipinski definition) is 0. The van der Waals surface area contributed by atoms with Gasteiger partial charge in [0.2, 0.25) is 0 Å². The normalized spacial score (nSPS) is 15.9. The summed E-state index contributed by atoms with van der Waals surface area (Å²) >= 11 is 6.13. The first kappa shape index (κ1) is 8.61. The average Bonchev–Trinajstić information content (AvgIpc) is 2.06. The molecule has 1 aromatic carbocycles. The van der Waals surface area contributed by atoms with Gasteiger partial charge in [-0.1, -0.05) is 37.3 Å². The topological polar surface area (TPSA) is 0 Å². The lowest BCUT2D eigenvalue weighted by atomic mass is 9.98. The van der Waals surface area contributed by atoms with E-state index in [0.717, 1.165) is 12.0 Å². The molecule has 0 saturated carbocycles. The summed E-state index contributed by atoms with van der Waals surface area (Å²) in [4.78, 5) is -0.443. The maximum Gasteiger partial charge on any atom is 0.0693 e. The van der Waals surface area contributed by atoms with Crippen molar-refractivity contribution in [3.05, 3.63) is 42.8 Å². The van der Waals surface area contributed by atoms with Crippen LogP contribution in [0.5, 0.6) is 0 Å². The van der Waals surface area contributed by atoms with E-state index in [9.17, 15) is 0 Å². The Morgan fingerprint density at radius 1 is 1.36 bits per heavy atom. The third-order valence-corrected chi connectivity index (χ3v) is 2.34. The van der Waals surface area contributed by atoms with E-state index in [1.165, 1.54) is 0 Å². The smallest absolute Gasteiger partial charge is 0.0693 e. The molecule has 1 radical (unpaired) electrons. The molecule has 0 bridgehead atoms. The van der Waals surface area contributed by atoms with E-state index >= 15 is 0 Å². The molecule has 0 aliphatic heterocycles. The molecule has 1 rings (SSSR count). The minimum absolute atomic E-state index is 0.443. The average molecular weight is 168 g/mol. The van der Waals surface area contributed by atoms with Crippen molar-refractivity contribution < 1.29 is 0 Å². The molecule has 0 amide bonds. The molecule has 11 heavy (non-hydrogen) atoms. The van der Waals surface area contributed by atoms with E-state index in [-0.39, 0.29) is 0 Å². The summed E-state index contributed by atoms with van der Waals surface area (Å²) in [5.74, 6) is 0. The Morgan fingerprint density at radius 3 is 2.36 bits per heavy atom. The summed E-state index contributed by atoms with van der Waals surface area (Å²) in [6, 6.07) is 9.94. The van der Waals surface area contributed by atoms with Crippen LogP contribution in [0.25, 0.3) is 0 Å². The summed E-state index contributed by atoms with van der Waals surface area (Å²) in [6.07, 6.45) is 0.846. The van der Waals surface area contributed by atoms with Gasteiger partial charge in [-0.3, -0.25) is 0 Å². The molecule has 0 aliphatic rings. The van der Waals surface area contributed by atoms with Crippen molar-refractivity contribution in [2.45, 2.75) is 18.2 Å². The molecular formula is C10H12Cl. The number of hydrogen-bond donors (Lipinski definition) is 0. The van der Waals surface area contributed by atoms with E-state index in [0.29, 0.717) is 0 Å². The maximum atomic E-state index is 6.13. The summed E-state index contributed by atoms with van der Waals surface area (Å²) in [6.45, 7) is 5.96. The van der Waals surface area contributed by atoms with E-state index < -0.39 is 4.87 Å². The maximum absolute atomic E-state index is 6.13. The molecule has 1 unspecified atom stereocenters. The van der Waals surface area contributed by atoms with Crippen LogP contribution in [0.15, 0.2) is 30.3 Å². The second kappa shape index (κ2) is 3.27. The predicted octanol–water partition coefficient (Wildman–Crippen LogP) is 3.36. The van der Waals surface area contributed by atoms with Gasteiger partial charge in [-0.05, 0) is 18.9 Å². The van der Waals surface area contributed by atoms with Crippen molar-refractivity contribution in [3.8, 4) is 0 Å². The standard InChI is InChI=1S/C10H12Cl/c1-3-10(2,11)9-7-5-4-6-8-9/h4-8H,2-3H2,1H3. The van der Waals surface area contributed by atoms with Gasteiger partial charge in [0, 0.05) is 0 Å². The van der Waals surface area contributed by atoms with E-state index in [1.54, 1.807) is 0 Å². The lowest BCUT2D eigenvalue weighted by molar-refractivity contribution is 0.719. The van der Waals surface area contributed by atoms with Crippen LogP contribution in [0, 0.1) is 6.92 Å². The Balaban J connectivity index is 2.93. The molecule has 59 valence electrons. The van der Waals surface area contributed by atoms with Crippen LogP contribution in [0.4, 0.5) is 0 Å². The Labute approximate surface area is 73.2 Å². The molecule has 1 aromatic rings. The Hall–Kier alpha value is -0.490. The highest BCUT2D eigenvalue weighted by molar-refractivity contribution is 6.24. The SMILES string of the molecule is [CH2]C(Cl)(CC)c1ccccc1. The van der Waals surface area contributed by atoms with Crippen molar-refractivity contribution in [1.29, 1.82) is 0 Å². The van der Waals surface area contributed by atoms with Gasteiger partial charge in [0.25, 0.3) is 0 Å². The Bertz CT molecular complexity index is 214. The van der Waals surface area contributed by atoms with E-state index in [1.807, 2.05) is 37.3 Å². The molecule has 0 spiro atoms. The minimum Gasteiger partial charge on any atom is -0.114 e. The lowest BCUT2D eigenvalue weighted by Gasteiger charge is -2.19. The number of alkyl halides is 1. The highest BCUT2D eigenvalue weighted by Crippen LogP contribution is 2.30. The second-order valence-electron chi connectivity index (χ2n) is 2.68. The Kier molecular flexibility index (Phi) is 2.56. The van der Waals surface area contributed by atoms with Crippen molar-refractivity contribution in [1.82, 2.24) is 0 Å². The zero-order valence-electron chi connectivity index (χ0n) is 6.68. The molecule has 0 heterocycles. The second-order valence-corrected chi connectivity index (χ2v) is 3.41. The molecule has 1 atom stereocenters. The first-order valence-electron chi connectivity index (χ1n) is 3.76. The summed E-state index contributed by atoms with van der Waals surface area (Å²) in [7, 11) is 0. The largest absolute Gasteiger partial charge is 0.114 e. The monoisotopic (exact) mass is 167 g/mol. The van der Waals surface area contributed by atoms with Gasteiger partial charge >= 0.3 is 0 Å². The number of halogens is 1. The van der Waals surface area contributed by atoms with Gasteiger partial charge in [0.05, 0.1) is 4.87 Å². The lowest BCUT2D eigenvalue weighted by Crippen LogP contribution is -2.11. The third kappa shape index (κ3) is 1.97. The van der Waals surface area contributed by atoms with Crippen LogP contribution in [-0.2, 0) is 4.87 Å². The quantitative estimate of drug-likeness (QED) is 0.593. The molecule has 1 heteroatoms. The van der Waals surface area contributed by atoms with Crippen LogP contribution in [-0.4, -0.2) is 0 Å². The molecule has 0 nitrogen and oxygen atoms in total. The first-order valence-corrected chi connectivity index (χ1v) is 4.14. The fourth-order valence-electron chi connectivity index (χ4n) is 0.941. The van der Waals surface area contributed by atoms with Crippen molar-refractivity contribution in [2.24, 2.45) is 0 Å². The van der Waals surface area contributed by atoms with Gasteiger partial charge < -0.3 is 0 Å². The van der Waals surface area contributed by atoms with Gasteiger partial charge in [-0.2, -0.15) is 0 Å². The summed E-state index contributed by atoms with van der Waals surface area (Å²) in [5, 5.41) is 0. The molecule has 0 saturated heterocycles. The van der Waals surface area contributed by atoms with Crippen LogP contribution in [0.2, 0.25) is 0 Å². The van der Waals surface area contributed by atoms with Crippen molar-refractivity contribution in [3.63, 3.8) is 0 Å². The number of benzene rings is 1. The van der Waals surface area contributed by atoms with Gasteiger partial charge in [0.1, 0.15) is 0 Å². The molecule has 0 fully saturated rings. The van der Waals surface area contributed by atoms with Crippen molar-refractivity contribution >= 4 is 11.6 Å². The summed E-state index contributed by atoms with van der Waals surface area (Å²) < 4.78 is 0. The molecule has 0 aromatic heterocycles. The third-order valence-electron chi connectivity index (χ3n) is 1.85. The van der Waals surface area contributed by atoms with Crippen LogP contribution < -0.4 is 0 Å². The van der Waals surface area contributed by atoms with Gasteiger partial charge in [-0.15, -0.1) is 11.6 Å². The fraction of sp³-hybridized carbons (Fsp3) is 0.300. The molecular weight excluding hydrogens is 156 g/mol. The molecule has 0 aliphatic carbocycles. The fourth-order valence-corrected chi connectivity index (χ4v) is 1.07.